The highest BCUT2D eigenvalue weighted by Crippen LogP contribution is 2.10. The molecule has 0 radical (unpaired) electrons. The second-order valence-corrected chi connectivity index (χ2v) is 4.12. The van der Waals surface area contributed by atoms with E-state index in [1.807, 2.05) is 12.1 Å². The van der Waals surface area contributed by atoms with Crippen molar-refractivity contribution in [3.8, 4) is 0 Å². The fourth-order valence-electron chi connectivity index (χ4n) is 1.67. The van der Waals surface area contributed by atoms with Gasteiger partial charge in [-0.3, -0.25) is 4.79 Å². The lowest BCUT2D eigenvalue weighted by molar-refractivity contribution is -0.118. The minimum Gasteiger partial charge on any atom is -0.399 e. The Morgan fingerprint density at radius 2 is 1.62 bits per heavy atom. The van der Waals surface area contributed by atoms with E-state index in [0.717, 1.165) is 37.8 Å². The average Bonchev–Trinajstić information content (AvgIpc) is 2.25. The third-order valence-corrected chi connectivity index (χ3v) is 2.62. The molecule has 0 aliphatic heterocycles. The van der Waals surface area contributed by atoms with Crippen molar-refractivity contribution in [2.75, 3.05) is 5.73 Å². The van der Waals surface area contributed by atoms with Crippen LogP contribution >= 0.6 is 0 Å². The number of nitrogens with two attached hydrogens (primary N) is 2. The minimum absolute atomic E-state index is 0.196. The van der Waals surface area contributed by atoms with E-state index in [-0.39, 0.29) is 5.91 Å². The van der Waals surface area contributed by atoms with E-state index in [4.69, 9.17) is 11.5 Å². The number of hydrogen-bond donors (Lipinski definition) is 2. The van der Waals surface area contributed by atoms with Crippen molar-refractivity contribution in [2.45, 2.75) is 38.5 Å². The van der Waals surface area contributed by atoms with Crippen molar-refractivity contribution in [1.29, 1.82) is 0 Å². The molecule has 1 aromatic rings. The van der Waals surface area contributed by atoms with E-state index in [0.29, 0.717) is 6.42 Å². The van der Waals surface area contributed by atoms with Crippen LogP contribution in [0, 0.1) is 0 Å². The van der Waals surface area contributed by atoms with E-state index in [1.54, 1.807) is 0 Å². The molecule has 1 aromatic carbocycles. The van der Waals surface area contributed by atoms with Crippen molar-refractivity contribution in [2.24, 2.45) is 5.73 Å². The highest BCUT2D eigenvalue weighted by Gasteiger charge is 1.96. The topological polar surface area (TPSA) is 69.1 Å². The predicted octanol–water partition coefficient (Wildman–Crippen LogP) is 2.25. The molecule has 0 aliphatic carbocycles. The number of anilines is 1. The molecule has 88 valence electrons. The smallest absolute Gasteiger partial charge is 0.217 e. The first-order valence-electron chi connectivity index (χ1n) is 5.81. The summed E-state index contributed by atoms with van der Waals surface area (Å²) in [7, 11) is 0. The Bertz CT molecular complexity index is 319. The van der Waals surface area contributed by atoms with Crippen LogP contribution in [0.4, 0.5) is 5.69 Å². The summed E-state index contributed by atoms with van der Waals surface area (Å²) >= 11 is 0. The SMILES string of the molecule is NC(=O)CCCCCCc1ccc(N)cc1. The number of benzene rings is 1. The summed E-state index contributed by atoms with van der Waals surface area (Å²) < 4.78 is 0. The number of amides is 1. The van der Waals surface area contributed by atoms with Crippen LogP contribution in [0.25, 0.3) is 0 Å². The Hall–Kier alpha value is -1.51. The number of nitrogen functional groups attached to an aromatic ring is 1. The predicted molar refractivity (Wildman–Crippen MR) is 66.8 cm³/mol. The van der Waals surface area contributed by atoms with E-state index in [2.05, 4.69) is 12.1 Å². The van der Waals surface area contributed by atoms with Gasteiger partial charge in [0.1, 0.15) is 0 Å². The number of hydrogen-bond acceptors (Lipinski definition) is 2. The van der Waals surface area contributed by atoms with Gasteiger partial charge in [0.25, 0.3) is 0 Å². The first-order chi connectivity index (χ1) is 7.68. The molecular weight excluding hydrogens is 200 g/mol. The van der Waals surface area contributed by atoms with Crippen LogP contribution in [0.1, 0.15) is 37.7 Å². The van der Waals surface area contributed by atoms with Crippen LogP contribution < -0.4 is 11.5 Å². The number of rotatable bonds is 7. The lowest BCUT2D eigenvalue weighted by atomic mass is 10.1. The molecule has 3 heteroatoms. The summed E-state index contributed by atoms with van der Waals surface area (Å²) in [6.07, 6.45) is 5.90. The van der Waals surface area contributed by atoms with Crippen molar-refractivity contribution in [1.82, 2.24) is 0 Å². The molecule has 0 aromatic heterocycles. The quantitative estimate of drug-likeness (QED) is 0.546. The normalized spacial score (nSPS) is 10.2. The molecule has 0 saturated carbocycles. The second kappa shape index (κ2) is 6.88. The van der Waals surface area contributed by atoms with Gasteiger partial charge in [0.05, 0.1) is 0 Å². The molecule has 4 N–H and O–H groups in total. The van der Waals surface area contributed by atoms with Gasteiger partial charge in [-0.15, -0.1) is 0 Å². The molecule has 3 nitrogen and oxygen atoms in total. The second-order valence-electron chi connectivity index (χ2n) is 4.12. The molecular formula is C13H20N2O. The molecule has 0 atom stereocenters. The molecule has 0 heterocycles. The zero-order valence-corrected chi connectivity index (χ0v) is 9.61. The van der Waals surface area contributed by atoms with E-state index < -0.39 is 0 Å². The zero-order valence-electron chi connectivity index (χ0n) is 9.61. The van der Waals surface area contributed by atoms with Gasteiger partial charge >= 0.3 is 0 Å². The van der Waals surface area contributed by atoms with Crippen LogP contribution in [-0.4, -0.2) is 5.91 Å². The standard InChI is InChI=1S/C13H20N2O/c14-12-9-7-11(8-10-12)5-3-1-2-4-6-13(15)16/h7-10H,1-6,14H2,(H2,15,16). The Kier molecular flexibility index (Phi) is 5.40. The number of unbranched alkanes of at least 4 members (excludes halogenated alkanes) is 3. The molecule has 16 heavy (non-hydrogen) atoms. The fraction of sp³-hybridized carbons (Fsp3) is 0.462. The first-order valence-corrected chi connectivity index (χ1v) is 5.81. The Labute approximate surface area is 96.8 Å². The van der Waals surface area contributed by atoms with Gasteiger partial charge in [0.15, 0.2) is 0 Å². The highest BCUT2D eigenvalue weighted by atomic mass is 16.1. The number of carbonyl (C=O) groups excluding carboxylic acids is 1. The third kappa shape index (κ3) is 5.39. The highest BCUT2D eigenvalue weighted by molar-refractivity contribution is 5.73. The van der Waals surface area contributed by atoms with Gasteiger partial charge in [-0.05, 0) is 37.0 Å². The van der Waals surface area contributed by atoms with Crippen LogP contribution in [0.5, 0.6) is 0 Å². The zero-order chi connectivity index (χ0) is 11.8. The average molecular weight is 220 g/mol. The minimum atomic E-state index is -0.196. The lowest BCUT2D eigenvalue weighted by Crippen LogP contribution is -2.09. The fourth-order valence-corrected chi connectivity index (χ4v) is 1.67. The number of aryl methyl sites for hydroxylation is 1. The molecule has 0 saturated heterocycles. The Balaban J connectivity index is 2.07. The van der Waals surface area contributed by atoms with Crippen molar-refractivity contribution in [3.05, 3.63) is 29.8 Å². The summed E-state index contributed by atoms with van der Waals surface area (Å²) in [5, 5.41) is 0. The van der Waals surface area contributed by atoms with Gasteiger partial charge < -0.3 is 11.5 Å². The molecule has 1 amide bonds. The maximum absolute atomic E-state index is 10.5. The van der Waals surface area contributed by atoms with Crippen LogP contribution in [0.3, 0.4) is 0 Å². The first kappa shape index (κ1) is 12.6. The third-order valence-electron chi connectivity index (χ3n) is 2.62. The van der Waals surface area contributed by atoms with Crippen molar-refractivity contribution in [3.63, 3.8) is 0 Å². The van der Waals surface area contributed by atoms with Crippen LogP contribution in [-0.2, 0) is 11.2 Å². The monoisotopic (exact) mass is 220 g/mol. The van der Waals surface area contributed by atoms with Crippen LogP contribution in [0.2, 0.25) is 0 Å². The van der Waals surface area contributed by atoms with Crippen molar-refractivity contribution < 1.29 is 4.79 Å². The Morgan fingerprint density at radius 3 is 2.25 bits per heavy atom. The summed E-state index contributed by atoms with van der Waals surface area (Å²) in [5.41, 5.74) is 12.8. The summed E-state index contributed by atoms with van der Waals surface area (Å²) in [6, 6.07) is 8.00. The van der Waals surface area contributed by atoms with Gasteiger partial charge in [0, 0.05) is 12.1 Å². The molecule has 0 aliphatic rings. The van der Waals surface area contributed by atoms with Gasteiger partial charge in [-0.2, -0.15) is 0 Å². The maximum atomic E-state index is 10.5. The van der Waals surface area contributed by atoms with Crippen LogP contribution in [0.15, 0.2) is 24.3 Å². The summed E-state index contributed by atoms with van der Waals surface area (Å²) in [6.45, 7) is 0. The summed E-state index contributed by atoms with van der Waals surface area (Å²) in [5.74, 6) is -0.196. The number of carbonyl (C=O) groups is 1. The molecule has 0 unspecified atom stereocenters. The molecule has 1 rings (SSSR count). The van der Waals surface area contributed by atoms with Crippen molar-refractivity contribution >= 4 is 11.6 Å². The Morgan fingerprint density at radius 1 is 1.00 bits per heavy atom. The van der Waals surface area contributed by atoms with E-state index in [1.165, 1.54) is 5.56 Å². The lowest BCUT2D eigenvalue weighted by Gasteiger charge is -2.02. The maximum Gasteiger partial charge on any atom is 0.217 e. The number of primary amides is 1. The van der Waals surface area contributed by atoms with Gasteiger partial charge in [-0.25, -0.2) is 0 Å². The summed E-state index contributed by atoms with van der Waals surface area (Å²) in [4.78, 5) is 10.5. The largest absolute Gasteiger partial charge is 0.399 e. The van der Waals surface area contributed by atoms with E-state index in [9.17, 15) is 4.79 Å². The van der Waals surface area contributed by atoms with Gasteiger partial charge in [0.2, 0.25) is 5.91 Å². The molecule has 0 fully saturated rings. The van der Waals surface area contributed by atoms with Gasteiger partial charge in [-0.1, -0.05) is 25.0 Å². The molecule has 0 spiro atoms. The molecule has 0 bridgehead atoms. The van der Waals surface area contributed by atoms with E-state index >= 15 is 0 Å².